The maximum Gasteiger partial charge on any atom is 0.171 e. The molecule has 3 nitrogen and oxygen atoms in total. The first kappa shape index (κ1) is 14.5. The lowest BCUT2D eigenvalue weighted by Crippen LogP contribution is -2.40. The summed E-state index contributed by atoms with van der Waals surface area (Å²) >= 11 is 5.86. The molecule has 0 aliphatic heterocycles. The predicted molar refractivity (Wildman–Crippen MR) is 70.3 cm³/mol. The highest BCUT2D eigenvalue weighted by atomic mass is 35.5. The average molecular weight is 258 g/mol. The van der Waals surface area contributed by atoms with Crippen molar-refractivity contribution in [3.63, 3.8) is 0 Å². The summed E-state index contributed by atoms with van der Waals surface area (Å²) in [5.74, 6) is 0. The SMILES string of the molecule is COC(OC)C(C)NC(C)c1ccc(Cl)cc1. The summed E-state index contributed by atoms with van der Waals surface area (Å²) in [4.78, 5) is 0. The summed E-state index contributed by atoms with van der Waals surface area (Å²) in [7, 11) is 3.28. The van der Waals surface area contributed by atoms with Crippen molar-refractivity contribution < 1.29 is 9.47 Å². The van der Waals surface area contributed by atoms with E-state index in [1.165, 1.54) is 5.56 Å². The van der Waals surface area contributed by atoms with Gasteiger partial charge in [-0.3, -0.25) is 0 Å². The molecule has 1 N–H and O–H groups in total. The Morgan fingerprint density at radius 1 is 1.06 bits per heavy atom. The largest absolute Gasteiger partial charge is 0.354 e. The highest BCUT2D eigenvalue weighted by Crippen LogP contribution is 2.17. The molecule has 1 rings (SSSR count). The van der Waals surface area contributed by atoms with Gasteiger partial charge in [0.15, 0.2) is 6.29 Å². The summed E-state index contributed by atoms with van der Waals surface area (Å²) < 4.78 is 10.4. The Morgan fingerprint density at radius 3 is 2.06 bits per heavy atom. The van der Waals surface area contributed by atoms with E-state index in [1.54, 1.807) is 14.2 Å². The second kappa shape index (κ2) is 6.97. The first-order chi connectivity index (χ1) is 8.08. The second-order valence-corrected chi connectivity index (χ2v) is 4.50. The minimum atomic E-state index is -0.246. The van der Waals surface area contributed by atoms with E-state index in [2.05, 4.69) is 12.2 Å². The Labute approximate surface area is 108 Å². The molecule has 96 valence electrons. The van der Waals surface area contributed by atoms with Crippen LogP contribution in [-0.2, 0) is 9.47 Å². The number of ether oxygens (including phenoxy) is 2. The van der Waals surface area contributed by atoms with Gasteiger partial charge in [-0.25, -0.2) is 0 Å². The van der Waals surface area contributed by atoms with Gasteiger partial charge in [-0.05, 0) is 31.5 Å². The Kier molecular flexibility index (Phi) is 5.92. The van der Waals surface area contributed by atoms with E-state index in [0.29, 0.717) is 0 Å². The number of benzene rings is 1. The number of nitrogens with one attached hydrogen (secondary N) is 1. The fourth-order valence-electron chi connectivity index (χ4n) is 1.83. The summed E-state index contributed by atoms with van der Waals surface area (Å²) in [5, 5.41) is 4.18. The van der Waals surface area contributed by atoms with Crippen LogP contribution in [0.1, 0.15) is 25.5 Å². The van der Waals surface area contributed by atoms with Gasteiger partial charge in [0, 0.05) is 25.3 Å². The molecule has 0 saturated carbocycles. The molecule has 0 radical (unpaired) electrons. The standard InChI is InChI=1S/C13H20ClNO2/c1-9(11-5-7-12(14)8-6-11)15-10(2)13(16-3)17-4/h5-10,13,15H,1-4H3. The molecule has 0 heterocycles. The van der Waals surface area contributed by atoms with Crippen LogP contribution >= 0.6 is 11.6 Å². The van der Waals surface area contributed by atoms with Crippen molar-refractivity contribution in [1.29, 1.82) is 0 Å². The minimum absolute atomic E-state index is 0.107. The molecule has 0 spiro atoms. The second-order valence-electron chi connectivity index (χ2n) is 4.07. The van der Waals surface area contributed by atoms with Gasteiger partial charge >= 0.3 is 0 Å². The number of methoxy groups -OCH3 is 2. The van der Waals surface area contributed by atoms with E-state index in [4.69, 9.17) is 21.1 Å². The van der Waals surface area contributed by atoms with Crippen molar-refractivity contribution in [2.45, 2.75) is 32.2 Å². The minimum Gasteiger partial charge on any atom is -0.354 e. The topological polar surface area (TPSA) is 30.5 Å². The normalized spacial score (nSPS) is 14.9. The summed E-state index contributed by atoms with van der Waals surface area (Å²) in [6, 6.07) is 8.14. The molecule has 0 amide bonds. The van der Waals surface area contributed by atoms with Gasteiger partial charge in [0.25, 0.3) is 0 Å². The van der Waals surface area contributed by atoms with Crippen LogP contribution in [0.25, 0.3) is 0 Å². The fourth-order valence-corrected chi connectivity index (χ4v) is 1.95. The van der Waals surface area contributed by atoms with Gasteiger partial charge in [0.05, 0.1) is 6.04 Å². The van der Waals surface area contributed by atoms with E-state index >= 15 is 0 Å². The zero-order valence-corrected chi connectivity index (χ0v) is 11.5. The predicted octanol–water partition coefficient (Wildman–Crippen LogP) is 3.00. The monoisotopic (exact) mass is 257 g/mol. The quantitative estimate of drug-likeness (QED) is 0.795. The maximum atomic E-state index is 5.86. The van der Waals surface area contributed by atoms with Crippen LogP contribution in [-0.4, -0.2) is 26.6 Å². The van der Waals surface area contributed by atoms with E-state index in [9.17, 15) is 0 Å². The number of rotatable bonds is 6. The molecule has 0 bridgehead atoms. The van der Waals surface area contributed by atoms with Crippen molar-refractivity contribution in [1.82, 2.24) is 5.32 Å². The Bertz CT molecular complexity index is 325. The van der Waals surface area contributed by atoms with Gasteiger partial charge in [0.1, 0.15) is 0 Å². The molecule has 0 aromatic heterocycles. The van der Waals surface area contributed by atoms with E-state index in [1.807, 2.05) is 31.2 Å². The summed E-state index contributed by atoms with van der Waals surface area (Å²) in [6.45, 7) is 4.13. The lowest BCUT2D eigenvalue weighted by Gasteiger charge is -2.26. The van der Waals surface area contributed by atoms with Crippen LogP contribution in [0.3, 0.4) is 0 Å². The third kappa shape index (κ3) is 4.28. The van der Waals surface area contributed by atoms with Crippen LogP contribution in [0, 0.1) is 0 Å². The molecule has 1 aromatic rings. The average Bonchev–Trinajstić information content (AvgIpc) is 2.31. The molecule has 0 saturated heterocycles. The van der Waals surface area contributed by atoms with Crippen LogP contribution in [0.2, 0.25) is 5.02 Å². The van der Waals surface area contributed by atoms with E-state index < -0.39 is 0 Å². The van der Waals surface area contributed by atoms with E-state index in [0.717, 1.165) is 5.02 Å². The molecule has 0 aliphatic rings. The van der Waals surface area contributed by atoms with E-state index in [-0.39, 0.29) is 18.4 Å². The smallest absolute Gasteiger partial charge is 0.171 e. The highest BCUT2D eigenvalue weighted by molar-refractivity contribution is 6.30. The van der Waals surface area contributed by atoms with Gasteiger partial charge in [-0.15, -0.1) is 0 Å². The maximum absolute atomic E-state index is 5.86. The first-order valence-corrected chi connectivity index (χ1v) is 6.03. The lowest BCUT2D eigenvalue weighted by molar-refractivity contribution is -0.120. The molecular weight excluding hydrogens is 238 g/mol. The molecular formula is C13H20ClNO2. The molecule has 2 unspecified atom stereocenters. The van der Waals surface area contributed by atoms with Crippen molar-refractivity contribution in [2.75, 3.05) is 14.2 Å². The van der Waals surface area contributed by atoms with Gasteiger partial charge in [-0.1, -0.05) is 23.7 Å². The van der Waals surface area contributed by atoms with Crippen LogP contribution in [0.15, 0.2) is 24.3 Å². The number of hydrogen-bond donors (Lipinski definition) is 1. The lowest BCUT2D eigenvalue weighted by atomic mass is 10.1. The Balaban J connectivity index is 2.59. The van der Waals surface area contributed by atoms with Crippen LogP contribution in [0.4, 0.5) is 0 Å². The van der Waals surface area contributed by atoms with Crippen LogP contribution in [0.5, 0.6) is 0 Å². The first-order valence-electron chi connectivity index (χ1n) is 5.65. The molecule has 0 fully saturated rings. The van der Waals surface area contributed by atoms with Gasteiger partial charge in [-0.2, -0.15) is 0 Å². The highest BCUT2D eigenvalue weighted by Gasteiger charge is 2.18. The van der Waals surface area contributed by atoms with Crippen molar-refractivity contribution >= 4 is 11.6 Å². The van der Waals surface area contributed by atoms with Crippen LogP contribution < -0.4 is 5.32 Å². The van der Waals surface area contributed by atoms with Crippen molar-refractivity contribution in [3.8, 4) is 0 Å². The number of halogens is 1. The molecule has 17 heavy (non-hydrogen) atoms. The summed E-state index contributed by atoms with van der Waals surface area (Å²) in [5.41, 5.74) is 1.19. The fraction of sp³-hybridized carbons (Fsp3) is 0.538. The van der Waals surface area contributed by atoms with Gasteiger partial charge < -0.3 is 14.8 Å². The molecule has 2 atom stereocenters. The van der Waals surface area contributed by atoms with Crippen molar-refractivity contribution in [3.05, 3.63) is 34.9 Å². The molecule has 1 aromatic carbocycles. The van der Waals surface area contributed by atoms with Crippen molar-refractivity contribution in [2.24, 2.45) is 0 Å². The number of hydrogen-bond acceptors (Lipinski definition) is 3. The molecule has 0 aliphatic carbocycles. The zero-order valence-electron chi connectivity index (χ0n) is 10.7. The molecule has 4 heteroatoms. The third-order valence-corrected chi connectivity index (χ3v) is 3.01. The summed E-state index contributed by atoms with van der Waals surface area (Å²) in [6.07, 6.45) is -0.246. The Morgan fingerprint density at radius 2 is 1.59 bits per heavy atom. The van der Waals surface area contributed by atoms with Gasteiger partial charge in [0.2, 0.25) is 0 Å². The zero-order chi connectivity index (χ0) is 12.8. The third-order valence-electron chi connectivity index (χ3n) is 2.76. The Hall–Kier alpha value is -0.610.